The molecule has 0 N–H and O–H groups in total. The van der Waals surface area contributed by atoms with Crippen molar-refractivity contribution in [3.05, 3.63) is 122 Å². The van der Waals surface area contributed by atoms with Gasteiger partial charge >= 0.3 is 17.9 Å². The maximum Gasteiger partial charge on any atom is 0.306 e. The number of allylic oxidation sites excluding steroid dienone is 20. The van der Waals surface area contributed by atoms with E-state index in [1.165, 1.54) is 51.4 Å². The second-order valence-electron chi connectivity index (χ2n) is 17.4. The van der Waals surface area contributed by atoms with Gasteiger partial charge in [-0.25, -0.2) is 0 Å². The molecule has 1 atom stereocenters. The van der Waals surface area contributed by atoms with Crippen molar-refractivity contribution in [2.24, 2.45) is 0 Å². The minimum atomic E-state index is -0.804. The molecule has 6 nitrogen and oxygen atoms in total. The lowest BCUT2D eigenvalue weighted by molar-refractivity contribution is -0.167. The minimum absolute atomic E-state index is 0.102. The van der Waals surface area contributed by atoms with Crippen LogP contribution in [0, 0.1) is 0 Å². The van der Waals surface area contributed by atoms with Gasteiger partial charge in [0.2, 0.25) is 0 Å². The van der Waals surface area contributed by atoms with Gasteiger partial charge in [0.1, 0.15) is 13.2 Å². The van der Waals surface area contributed by atoms with E-state index in [1.54, 1.807) is 0 Å². The molecule has 67 heavy (non-hydrogen) atoms. The van der Waals surface area contributed by atoms with Gasteiger partial charge in [-0.3, -0.25) is 14.4 Å². The highest BCUT2D eigenvalue weighted by Gasteiger charge is 2.19. The second kappa shape index (κ2) is 54.4. The fraction of sp³-hybridized carbons (Fsp3) is 0.623. The highest BCUT2D eigenvalue weighted by Crippen LogP contribution is 2.12. The van der Waals surface area contributed by atoms with Crippen molar-refractivity contribution >= 4 is 17.9 Å². The summed E-state index contributed by atoms with van der Waals surface area (Å²) < 4.78 is 16.6. The number of hydrogen-bond acceptors (Lipinski definition) is 6. The number of unbranched alkanes of at least 4 members (excludes halogenated alkanes) is 16. The number of esters is 3. The third-order valence-electron chi connectivity index (χ3n) is 11.0. The summed E-state index contributed by atoms with van der Waals surface area (Å²) in [6.45, 7) is 6.36. The van der Waals surface area contributed by atoms with Gasteiger partial charge in [0, 0.05) is 19.3 Å². The van der Waals surface area contributed by atoms with Crippen LogP contribution in [0.1, 0.15) is 226 Å². The zero-order valence-corrected chi connectivity index (χ0v) is 43.1. The molecule has 0 aliphatic heterocycles. The maximum atomic E-state index is 12.7. The van der Waals surface area contributed by atoms with E-state index in [0.717, 1.165) is 128 Å². The fourth-order valence-electron chi connectivity index (χ4n) is 6.91. The first-order valence-electron chi connectivity index (χ1n) is 27.0. The van der Waals surface area contributed by atoms with Crippen LogP contribution in [0.2, 0.25) is 0 Å². The zero-order chi connectivity index (χ0) is 48.6. The van der Waals surface area contributed by atoms with E-state index < -0.39 is 6.10 Å². The Hall–Kier alpha value is -4.19. The van der Waals surface area contributed by atoms with Crippen molar-refractivity contribution in [1.82, 2.24) is 0 Å². The van der Waals surface area contributed by atoms with Gasteiger partial charge in [0.15, 0.2) is 6.10 Å². The summed E-state index contributed by atoms with van der Waals surface area (Å²) in [4.78, 5) is 37.7. The van der Waals surface area contributed by atoms with E-state index in [1.807, 2.05) is 0 Å². The first-order valence-corrected chi connectivity index (χ1v) is 27.0. The summed E-state index contributed by atoms with van der Waals surface area (Å²) in [7, 11) is 0. The molecule has 0 saturated heterocycles. The lowest BCUT2D eigenvalue weighted by Crippen LogP contribution is -2.30. The molecular weight excluding hydrogens is 829 g/mol. The van der Waals surface area contributed by atoms with Crippen LogP contribution in [-0.2, 0) is 28.6 Å². The number of carbonyl (C=O) groups is 3. The lowest BCUT2D eigenvalue weighted by Gasteiger charge is -2.18. The van der Waals surface area contributed by atoms with E-state index in [2.05, 4.69) is 142 Å². The first kappa shape index (κ1) is 62.8. The van der Waals surface area contributed by atoms with E-state index in [0.29, 0.717) is 19.3 Å². The Morgan fingerprint density at radius 2 is 0.597 bits per heavy atom. The van der Waals surface area contributed by atoms with E-state index in [4.69, 9.17) is 14.2 Å². The number of carbonyl (C=O) groups excluding carboxylic acids is 3. The fourth-order valence-corrected chi connectivity index (χ4v) is 6.91. The highest BCUT2D eigenvalue weighted by molar-refractivity contribution is 5.71. The SMILES string of the molecule is CC/C=C\C/C=C\C/C=C\C/C=C\C/C=C\C/C=C\C/C=C\C/C=C\C/C=C\CCCC(=O)OCC(COC(=O)CCCCCCC)OC(=O)CCCCCCC/C=C\CCCCCCCC. The van der Waals surface area contributed by atoms with Crippen LogP contribution in [0.3, 0.4) is 0 Å². The molecule has 0 aliphatic rings. The van der Waals surface area contributed by atoms with Crippen LogP contribution < -0.4 is 0 Å². The summed E-state index contributed by atoms with van der Waals surface area (Å²) in [6.07, 6.45) is 75.2. The Morgan fingerprint density at radius 1 is 0.313 bits per heavy atom. The lowest BCUT2D eigenvalue weighted by atomic mass is 10.1. The molecule has 0 rings (SSSR count). The van der Waals surface area contributed by atoms with Gasteiger partial charge in [-0.05, 0) is 109 Å². The Labute approximate surface area is 412 Å². The molecule has 0 heterocycles. The molecule has 0 aromatic rings. The third-order valence-corrected chi connectivity index (χ3v) is 11.0. The predicted octanol–water partition coefficient (Wildman–Crippen LogP) is 18.1. The molecule has 0 aromatic carbocycles. The van der Waals surface area contributed by atoms with Crippen molar-refractivity contribution in [2.45, 2.75) is 232 Å². The van der Waals surface area contributed by atoms with Crippen molar-refractivity contribution in [3.63, 3.8) is 0 Å². The molecule has 0 spiro atoms. The van der Waals surface area contributed by atoms with Gasteiger partial charge in [-0.2, -0.15) is 0 Å². The summed E-state index contributed by atoms with van der Waals surface area (Å²) in [6, 6.07) is 0. The monoisotopic (exact) mass is 927 g/mol. The van der Waals surface area contributed by atoms with Crippen molar-refractivity contribution in [3.8, 4) is 0 Å². The minimum Gasteiger partial charge on any atom is -0.462 e. The highest BCUT2D eigenvalue weighted by atomic mass is 16.6. The molecular formula is C61H98O6. The maximum absolute atomic E-state index is 12.7. The second-order valence-corrected chi connectivity index (χ2v) is 17.4. The number of ether oxygens (including phenoxy) is 3. The topological polar surface area (TPSA) is 78.9 Å². The molecule has 0 radical (unpaired) electrons. The first-order chi connectivity index (χ1) is 33.0. The van der Waals surface area contributed by atoms with Crippen molar-refractivity contribution in [1.29, 1.82) is 0 Å². The molecule has 0 aliphatic carbocycles. The predicted molar refractivity (Wildman–Crippen MR) is 288 cm³/mol. The van der Waals surface area contributed by atoms with Crippen LogP contribution in [0.25, 0.3) is 0 Å². The van der Waals surface area contributed by atoms with Crippen LogP contribution in [0.5, 0.6) is 0 Å². The molecule has 0 aromatic heterocycles. The van der Waals surface area contributed by atoms with Crippen molar-refractivity contribution in [2.75, 3.05) is 13.2 Å². The Kier molecular flexibility index (Phi) is 51.0. The van der Waals surface area contributed by atoms with Crippen LogP contribution in [0.4, 0.5) is 0 Å². The van der Waals surface area contributed by atoms with E-state index >= 15 is 0 Å². The van der Waals surface area contributed by atoms with Crippen LogP contribution >= 0.6 is 0 Å². The summed E-state index contributed by atoms with van der Waals surface area (Å²) in [5, 5.41) is 0. The molecule has 1 unspecified atom stereocenters. The summed E-state index contributed by atoms with van der Waals surface area (Å²) in [5.41, 5.74) is 0. The van der Waals surface area contributed by atoms with Gasteiger partial charge in [-0.1, -0.05) is 219 Å². The van der Waals surface area contributed by atoms with Gasteiger partial charge in [-0.15, -0.1) is 0 Å². The Bertz CT molecular complexity index is 1440. The van der Waals surface area contributed by atoms with Gasteiger partial charge in [0.25, 0.3) is 0 Å². The summed E-state index contributed by atoms with van der Waals surface area (Å²) >= 11 is 0. The van der Waals surface area contributed by atoms with Gasteiger partial charge in [0.05, 0.1) is 0 Å². The zero-order valence-electron chi connectivity index (χ0n) is 43.1. The van der Waals surface area contributed by atoms with Gasteiger partial charge < -0.3 is 14.2 Å². The van der Waals surface area contributed by atoms with Crippen LogP contribution in [0.15, 0.2) is 122 Å². The molecule has 0 fully saturated rings. The average Bonchev–Trinajstić information content (AvgIpc) is 3.33. The smallest absolute Gasteiger partial charge is 0.306 e. The molecule has 6 heteroatoms. The largest absolute Gasteiger partial charge is 0.462 e. The quantitative estimate of drug-likeness (QED) is 0.0262. The Morgan fingerprint density at radius 3 is 0.985 bits per heavy atom. The van der Waals surface area contributed by atoms with Crippen LogP contribution in [-0.4, -0.2) is 37.2 Å². The van der Waals surface area contributed by atoms with E-state index in [-0.39, 0.29) is 37.5 Å². The average molecular weight is 927 g/mol. The number of hydrogen-bond donors (Lipinski definition) is 0. The molecule has 378 valence electrons. The Balaban J connectivity index is 4.26. The molecule has 0 amide bonds. The third kappa shape index (κ3) is 52.6. The summed E-state index contributed by atoms with van der Waals surface area (Å²) in [5.74, 6) is -0.994. The number of rotatable bonds is 47. The molecule has 0 bridgehead atoms. The van der Waals surface area contributed by atoms with E-state index in [9.17, 15) is 14.4 Å². The van der Waals surface area contributed by atoms with Crippen molar-refractivity contribution < 1.29 is 28.6 Å². The standard InChI is InChI=1S/C61H98O6/c1-4-7-10-13-15-17-19-21-23-24-25-26-27-28-29-30-31-32-33-34-35-36-38-39-41-43-45-48-51-54-60(63)66-57-58(56-65-59(62)53-50-47-12-9-6-3)67-61(64)55-52-49-46-44-42-40-37-22-20-18-16-14-11-8-5-2/h7,10,15,17,21-23,25-26,28-29,31-32,34-35,37-39,43,45,58H,4-6,8-9,11-14,16,18-20,24,27,30,33,36,40-42,44,46-57H2,1-3H3/b10-7-,17-15-,23-21-,26-25-,29-28-,32-31-,35-34-,37-22-,39-38-,45-43-. The normalized spacial score (nSPS) is 13.1. The molecule has 0 saturated carbocycles.